The third kappa shape index (κ3) is 5.91. The van der Waals surface area contributed by atoms with Crippen molar-refractivity contribution in [2.75, 3.05) is 29.1 Å². The number of carbonyl (C=O) groups is 1. The molecule has 1 amide bonds. The van der Waals surface area contributed by atoms with Gasteiger partial charge in [-0.05, 0) is 67.8 Å². The van der Waals surface area contributed by atoms with E-state index in [1.807, 2.05) is 22.5 Å². The monoisotopic (exact) mass is 474 g/mol. The summed E-state index contributed by atoms with van der Waals surface area (Å²) in [6.45, 7) is 4.07. The average molecular weight is 475 g/mol. The van der Waals surface area contributed by atoms with Crippen LogP contribution in [-0.2, 0) is 24.8 Å². The van der Waals surface area contributed by atoms with Gasteiger partial charge >= 0.3 is 7.60 Å². The molecule has 0 unspecified atom stereocenters. The van der Waals surface area contributed by atoms with Crippen molar-refractivity contribution in [1.29, 1.82) is 0 Å². The summed E-state index contributed by atoms with van der Waals surface area (Å²) in [5.41, 5.74) is 2.43. The maximum Gasteiger partial charge on any atom is 0.350 e. The Labute approximate surface area is 184 Å². The molecule has 1 N–H and O–H groups in total. The Balaban J connectivity index is 1.95. The zero-order valence-corrected chi connectivity index (χ0v) is 19.2. The lowest BCUT2D eigenvalue weighted by molar-refractivity contribution is -0.115. The summed E-state index contributed by atoms with van der Waals surface area (Å²) in [5, 5.41) is 3.82. The summed E-state index contributed by atoms with van der Waals surface area (Å²) in [7, 11) is -3.38. The Morgan fingerprint density at radius 1 is 1.10 bits per heavy atom. The zero-order valence-electron chi connectivity index (χ0n) is 16.0. The minimum Gasteiger partial charge on any atom is -0.326 e. The highest BCUT2D eigenvalue weighted by Crippen LogP contribution is 2.51. The number of nitrogens with zero attached hydrogens (tertiary/aromatic N) is 1. The molecule has 0 saturated heterocycles. The van der Waals surface area contributed by atoms with E-state index in [9.17, 15) is 9.36 Å². The van der Waals surface area contributed by atoms with Crippen molar-refractivity contribution in [3.8, 4) is 0 Å². The Morgan fingerprint density at radius 3 is 2.38 bits per heavy atom. The summed E-state index contributed by atoms with van der Waals surface area (Å²) < 4.78 is 26.0. The fourth-order valence-corrected chi connectivity index (χ4v) is 6.56. The number of benzene rings is 2. The van der Waals surface area contributed by atoms with Gasteiger partial charge in [0.1, 0.15) is 6.29 Å². The van der Waals surface area contributed by atoms with Crippen LogP contribution in [0, 0.1) is 0 Å². The number of hydrogen-bond donors (Lipinski definition) is 1. The number of nitrogens with one attached hydrogen (secondary N) is 1. The van der Waals surface area contributed by atoms with Gasteiger partial charge in [-0.3, -0.25) is 13.7 Å². The lowest BCUT2D eigenvalue weighted by Gasteiger charge is -2.28. The van der Waals surface area contributed by atoms with Gasteiger partial charge in [-0.25, -0.2) is 0 Å². The van der Waals surface area contributed by atoms with Crippen molar-refractivity contribution < 1.29 is 18.4 Å². The van der Waals surface area contributed by atoms with Gasteiger partial charge < -0.3 is 14.4 Å². The summed E-state index contributed by atoms with van der Waals surface area (Å²) in [6, 6.07) is 10.8. The van der Waals surface area contributed by atoms with Crippen LogP contribution < -0.4 is 9.62 Å². The molecule has 29 heavy (non-hydrogen) atoms. The Kier molecular flexibility index (Phi) is 7.54. The number of hydrogen-bond acceptors (Lipinski definition) is 6. The van der Waals surface area contributed by atoms with Crippen LogP contribution in [0.25, 0.3) is 0 Å². The van der Waals surface area contributed by atoms with Crippen LogP contribution >= 0.6 is 42.7 Å². The average Bonchev–Trinajstić information content (AvgIpc) is 2.99. The van der Waals surface area contributed by atoms with E-state index in [1.165, 1.54) is 11.9 Å². The molecule has 0 bridgehead atoms. The first kappa shape index (κ1) is 22.5. The predicted octanol–water partition coefficient (Wildman–Crippen LogP) is 6.23. The highest BCUT2D eigenvalue weighted by Gasteiger charge is 2.29. The molecule has 0 fully saturated rings. The Morgan fingerprint density at radius 2 is 1.76 bits per heavy atom. The SMILES string of the molecule is CCOP(=O)(CN(Sc1cc(Cl)cc(Cl)c1)c1ccc2c(c1)CC(=O)N2)OCC. The Bertz CT molecular complexity index is 930. The highest BCUT2D eigenvalue weighted by molar-refractivity contribution is 8.01. The second-order valence-electron chi connectivity index (χ2n) is 6.23. The van der Waals surface area contributed by atoms with Gasteiger partial charge in [0.15, 0.2) is 0 Å². The van der Waals surface area contributed by atoms with Crippen molar-refractivity contribution in [2.24, 2.45) is 0 Å². The van der Waals surface area contributed by atoms with Gasteiger partial charge in [0, 0.05) is 26.3 Å². The van der Waals surface area contributed by atoms with E-state index in [2.05, 4.69) is 5.32 Å². The van der Waals surface area contributed by atoms with Crippen molar-refractivity contribution in [3.05, 3.63) is 52.0 Å². The minimum atomic E-state index is -3.38. The smallest absolute Gasteiger partial charge is 0.326 e. The van der Waals surface area contributed by atoms with Crippen molar-refractivity contribution in [1.82, 2.24) is 0 Å². The van der Waals surface area contributed by atoms with Crippen LogP contribution in [0.5, 0.6) is 0 Å². The molecule has 0 atom stereocenters. The second kappa shape index (κ2) is 9.73. The molecule has 156 valence electrons. The molecule has 1 heterocycles. The molecule has 2 aromatic rings. The van der Waals surface area contributed by atoms with E-state index in [0.717, 1.165) is 21.8 Å². The molecule has 10 heteroatoms. The molecule has 0 radical (unpaired) electrons. The minimum absolute atomic E-state index is 0.0175. The predicted molar refractivity (Wildman–Crippen MR) is 119 cm³/mol. The van der Waals surface area contributed by atoms with Crippen molar-refractivity contribution in [3.63, 3.8) is 0 Å². The third-order valence-electron chi connectivity index (χ3n) is 4.01. The van der Waals surface area contributed by atoms with E-state index in [0.29, 0.717) is 16.5 Å². The van der Waals surface area contributed by atoms with Crippen LogP contribution in [0.15, 0.2) is 41.3 Å². The normalized spacial score (nSPS) is 13.3. The van der Waals surface area contributed by atoms with Crippen LogP contribution in [0.4, 0.5) is 11.4 Å². The maximum atomic E-state index is 13.2. The number of rotatable bonds is 9. The first-order valence-corrected chi connectivity index (χ1v) is 12.3. The molecule has 6 nitrogen and oxygen atoms in total. The van der Waals surface area contributed by atoms with Crippen molar-refractivity contribution >= 4 is 60.0 Å². The quantitative estimate of drug-likeness (QED) is 0.343. The second-order valence-corrected chi connectivity index (χ2v) is 10.2. The maximum absolute atomic E-state index is 13.2. The molecular weight excluding hydrogens is 454 g/mol. The van der Waals surface area contributed by atoms with Gasteiger partial charge in [-0.1, -0.05) is 23.2 Å². The summed E-state index contributed by atoms with van der Waals surface area (Å²) in [4.78, 5) is 12.5. The van der Waals surface area contributed by atoms with Crippen LogP contribution in [0.2, 0.25) is 10.0 Å². The first-order chi connectivity index (χ1) is 13.8. The van der Waals surface area contributed by atoms with Crippen LogP contribution in [0.3, 0.4) is 0 Å². The number of fused-ring (bicyclic) bond motifs is 1. The van der Waals surface area contributed by atoms with Crippen LogP contribution in [-0.4, -0.2) is 25.4 Å². The Hall–Kier alpha value is -1.21. The summed E-state index contributed by atoms with van der Waals surface area (Å²) in [6.07, 6.45) is 0.322. The van der Waals surface area contributed by atoms with Gasteiger partial charge in [0.2, 0.25) is 5.91 Å². The van der Waals surface area contributed by atoms with E-state index in [-0.39, 0.29) is 25.4 Å². The molecule has 3 rings (SSSR count). The molecule has 1 aliphatic heterocycles. The zero-order chi connectivity index (χ0) is 21.0. The lowest BCUT2D eigenvalue weighted by Crippen LogP contribution is -2.18. The molecule has 2 aromatic carbocycles. The fraction of sp³-hybridized carbons (Fsp3) is 0.316. The first-order valence-electron chi connectivity index (χ1n) is 9.04. The van der Waals surface area contributed by atoms with E-state index >= 15 is 0 Å². The van der Waals surface area contributed by atoms with E-state index in [1.54, 1.807) is 32.0 Å². The van der Waals surface area contributed by atoms with Gasteiger partial charge in [0.25, 0.3) is 0 Å². The summed E-state index contributed by atoms with van der Waals surface area (Å²) >= 11 is 13.6. The standard InChI is InChI=1S/C19H21Cl2N2O4PS/c1-3-26-28(25,27-4-2)12-23(29-17-10-14(20)9-15(21)11-17)16-5-6-18-13(7-16)8-19(24)22-18/h5-7,9-11H,3-4,8,12H2,1-2H3,(H,22,24). The molecule has 0 spiro atoms. The van der Waals surface area contributed by atoms with E-state index < -0.39 is 7.60 Å². The van der Waals surface area contributed by atoms with E-state index in [4.69, 9.17) is 32.2 Å². The third-order valence-corrected chi connectivity index (χ3v) is 7.57. The molecule has 0 aliphatic carbocycles. The molecular formula is C19H21Cl2N2O4PS. The van der Waals surface area contributed by atoms with Crippen molar-refractivity contribution in [2.45, 2.75) is 25.2 Å². The highest BCUT2D eigenvalue weighted by atomic mass is 35.5. The van der Waals surface area contributed by atoms with Gasteiger partial charge in [-0.2, -0.15) is 0 Å². The van der Waals surface area contributed by atoms with Crippen LogP contribution in [0.1, 0.15) is 19.4 Å². The number of amides is 1. The topological polar surface area (TPSA) is 67.9 Å². The summed E-state index contributed by atoms with van der Waals surface area (Å²) in [5.74, 6) is -0.0488. The lowest BCUT2D eigenvalue weighted by atomic mass is 10.1. The number of halogens is 2. The van der Waals surface area contributed by atoms with Gasteiger partial charge in [-0.15, -0.1) is 0 Å². The molecule has 0 saturated carbocycles. The molecule has 1 aliphatic rings. The fourth-order valence-electron chi connectivity index (χ4n) is 2.91. The molecule has 0 aromatic heterocycles. The van der Waals surface area contributed by atoms with Gasteiger partial charge in [0.05, 0.1) is 19.6 Å². The largest absolute Gasteiger partial charge is 0.350 e. The number of carbonyl (C=O) groups excluding carboxylic acids is 1. The number of anilines is 2.